The van der Waals surface area contributed by atoms with Crippen LogP contribution in [0, 0.1) is 0 Å². The van der Waals surface area contributed by atoms with Gasteiger partial charge in [0, 0.05) is 25.0 Å². The average Bonchev–Trinajstić information content (AvgIpc) is 3.01. The second-order valence-electron chi connectivity index (χ2n) is 5.51. The average molecular weight is 309 g/mol. The van der Waals surface area contributed by atoms with E-state index in [-0.39, 0.29) is 19.1 Å². The van der Waals surface area contributed by atoms with Crippen molar-refractivity contribution in [2.75, 3.05) is 18.6 Å². The molecule has 1 aliphatic rings. The number of carbonyl (C=O) groups is 1. The van der Waals surface area contributed by atoms with Crippen LogP contribution in [0.4, 0.5) is 5.69 Å². The van der Waals surface area contributed by atoms with E-state index in [2.05, 4.69) is 4.98 Å². The highest BCUT2D eigenvalue weighted by Gasteiger charge is 2.22. The number of amides is 1. The normalized spacial score (nSPS) is 14.0. The number of aromatic nitrogens is 2. The van der Waals surface area contributed by atoms with E-state index in [1.807, 2.05) is 47.1 Å². The van der Waals surface area contributed by atoms with Crippen LogP contribution in [0.3, 0.4) is 0 Å². The monoisotopic (exact) mass is 309 g/mol. The van der Waals surface area contributed by atoms with Gasteiger partial charge in [0.05, 0.1) is 18.0 Å². The van der Waals surface area contributed by atoms with E-state index in [0.29, 0.717) is 5.75 Å². The van der Waals surface area contributed by atoms with Crippen molar-refractivity contribution in [1.29, 1.82) is 0 Å². The number of fused-ring (bicyclic) bond motifs is 2. The molecule has 4 rings (SSSR count). The number of carbonyl (C=O) groups excluding carboxylic acids is 1. The van der Waals surface area contributed by atoms with E-state index in [0.717, 1.165) is 28.2 Å². The van der Waals surface area contributed by atoms with Crippen LogP contribution in [-0.4, -0.2) is 34.1 Å². The molecule has 0 radical (unpaired) electrons. The van der Waals surface area contributed by atoms with Crippen LogP contribution in [0.2, 0.25) is 0 Å². The SMILES string of the molecule is CN1C(=O)COc2ccc(-c3cn4ccc(CO)cc4n3)cc21. The van der Waals surface area contributed by atoms with Gasteiger partial charge in [-0.2, -0.15) is 0 Å². The lowest BCUT2D eigenvalue weighted by Crippen LogP contribution is -2.35. The number of rotatable bonds is 2. The third-order valence-corrected chi connectivity index (χ3v) is 4.05. The van der Waals surface area contributed by atoms with Crippen molar-refractivity contribution >= 4 is 17.2 Å². The second kappa shape index (κ2) is 5.10. The summed E-state index contributed by atoms with van der Waals surface area (Å²) < 4.78 is 7.34. The number of ether oxygens (including phenoxy) is 1. The molecule has 116 valence electrons. The Morgan fingerprint density at radius 1 is 1.30 bits per heavy atom. The molecule has 1 N–H and O–H groups in total. The topological polar surface area (TPSA) is 67.1 Å². The number of pyridine rings is 1. The zero-order valence-electron chi connectivity index (χ0n) is 12.6. The minimum atomic E-state index is -0.0720. The number of benzene rings is 1. The first-order chi connectivity index (χ1) is 11.2. The predicted octanol–water partition coefficient (Wildman–Crippen LogP) is 1.85. The molecule has 1 aliphatic heterocycles. The summed E-state index contributed by atoms with van der Waals surface area (Å²) in [6.45, 7) is 0.0585. The Balaban J connectivity index is 1.80. The van der Waals surface area contributed by atoms with Gasteiger partial charge in [-0.15, -0.1) is 0 Å². The van der Waals surface area contributed by atoms with Crippen molar-refractivity contribution in [3.63, 3.8) is 0 Å². The van der Waals surface area contributed by atoms with E-state index in [4.69, 9.17) is 4.74 Å². The summed E-state index contributed by atoms with van der Waals surface area (Å²) >= 11 is 0. The molecule has 3 aromatic rings. The summed E-state index contributed by atoms with van der Waals surface area (Å²) in [5, 5.41) is 9.22. The number of hydrogen-bond donors (Lipinski definition) is 1. The van der Waals surface area contributed by atoms with E-state index in [1.54, 1.807) is 11.9 Å². The Hall–Kier alpha value is -2.86. The maximum atomic E-state index is 11.8. The van der Waals surface area contributed by atoms with Crippen molar-refractivity contribution in [1.82, 2.24) is 9.38 Å². The second-order valence-corrected chi connectivity index (χ2v) is 5.51. The maximum Gasteiger partial charge on any atom is 0.264 e. The molecule has 1 aromatic carbocycles. The van der Waals surface area contributed by atoms with Gasteiger partial charge in [-0.05, 0) is 35.9 Å². The molecule has 6 nitrogen and oxygen atoms in total. The third kappa shape index (κ3) is 2.24. The van der Waals surface area contributed by atoms with Gasteiger partial charge < -0.3 is 19.1 Å². The smallest absolute Gasteiger partial charge is 0.264 e. The number of anilines is 1. The predicted molar refractivity (Wildman–Crippen MR) is 85.5 cm³/mol. The molecule has 1 amide bonds. The molecule has 0 saturated heterocycles. The molecular formula is C17H15N3O3. The molecule has 0 unspecified atom stereocenters. The van der Waals surface area contributed by atoms with Gasteiger partial charge in [-0.3, -0.25) is 4.79 Å². The molecule has 0 fully saturated rings. The first kappa shape index (κ1) is 13.8. The standard InChI is InChI=1S/C17H15N3O3/c1-19-14-7-12(2-3-15(14)23-10-17(19)22)13-8-20-5-4-11(9-21)6-16(20)18-13/h2-8,21H,9-10H2,1H3. The van der Waals surface area contributed by atoms with Crippen LogP contribution in [0.25, 0.3) is 16.9 Å². The number of likely N-dealkylation sites (N-methyl/N-ethyl adjacent to an activating group) is 1. The Labute approximate surface area is 132 Å². The molecule has 2 aromatic heterocycles. The molecule has 0 aliphatic carbocycles. The molecule has 0 bridgehead atoms. The van der Waals surface area contributed by atoms with E-state index in [1.165, 1.54) is 0 Å². The Kier molecular flexibility index (Phi) is 3.06. The number of hydrogen-bond acceptors (Lipinski definition) is 4. The van der Waals surface area contributed by atoms with Crippen LogP contribution in [-0.2, 0) is 11.4 Å². The highest BCUT2D eigenvalue weighted by atomic mass is 16.5. The first-order valence-corrected chi connectivity index (χ1v) is 7.28. The Morgan fingerprint density at radius 2 is 2.17 bits per heavy atom. The van der Waals surface area contributed by atoms with Gasteiger partial charge >= 0.3 is 0 Å². The molecule has 3 heterocycles. The van der Waals surface area contributed by atoms with Crippen molar-refractivity contribution in [3.05, 3.63) is 48.3 Å². The zero-order chi connectivity index (χ0) is 16.0. The lowest BCUT2D eigenvalue weighted by Gasteiger charge is -2.26. The molecular weight excluding hydrogens is 294 g/mol. The maximum absolute atomic E-state index is 11.8. The van der Waals surface area contributed by atoms with Crippen molar-refractivity contribution in [2.45, 2.75) is 6.61 Å². The Morgan fingerprint density at radius 3 is 3.00 bits per heavy atom. The van der Waals surface area contributed by atoms with Crippen LogP contribution in [0.1, 0.15) is 5.56 Å². The lowest BCUT2D eigenvalue weighted by molar-refractivity contribution is -0.120. The quantitative estimate of drug-likeness (QED) is 0.784. The highest BCUT2D eigenvalue weighted by molar-refractivity contribution is 5.98. The third-order valence-electron chi connectivity index (χ3n) is 4.05. The fourth-order valence-electron chi connectivity index (χ4n) is 2.69. The van der Waals surface area contributed by atoms with Crippen LogP contribution < -0.4 is 9.64 Å². The fourth-order valence-corrected chi connectivity index (χ4v) is 2.69. The first-order valence-electron chi connectivity index (χ1n) is 7.28. The van der Waals surface area contributed by atoms with E-state index >= 15 is 0 Å². The highest BCUT2D eigenvalue weighted by Crippen LogP contribution is 2.35. The van der Waals surface area contributed by atoms with E-state index < -0.39 is 0 Å². The van der Waals surface area contributed by atoms with Gasteiger partial charge in [-0.25, -0.2) is 4.98 Å². The van der Waals surface area contributed by atoms with Crippen molar-refractivity contribution in [2.24, 2.45) is 0 Å². The summed E-state index contributed by atoms with van der Waals surface area (Å²) in [5.74, 6) is 0.624. The molecule has 6 heteroatoms. The molecule has 0 saturated carbocycles. The molecule has 0 spiro atoms. The minimum absolute atomic E-state index is 0.0121. The van der Waals surface area contributed by atoms with Gasteiger partial charge in [0.15, 0.2) is 6.61 Å². The largest absolute Gasteiger partial charge is 0.482 e. The van der Waals surface area contributed by atoms with Gasteiger partial charge in [-0.1, -0.05) is 0 Å². The fraction of sp³-hybridized carbons (Fsp3) is 0.176. The summed E-state index contributed by atoms with van der Waals surface area (Å²) in [4.78, 5) is 18.0. The van der Waals surface area contributed by atoms with Gasteiger partial charge in [0.1, 0.15) is 11.4 Å². The van der Waals surface area contributed by atoms with Crippen molar-refractivity contribution in [3.8, 4) is 17.0 Å². The minimum Gasteiger partial charge on any atom is -0.482 e. The van der Waals surface area contributed by atoms with Crippen LogP contribution in [0.15, 0.2) is 42.7 Å². The van der Waals surface area contributed by atoms with Crippen LogP contribution in [0.5, 0.6) is 5.75 Å². The zero-order valence-corrected chi connectivity index (χ0v) is 12.6. The lowest BCUT2D eigenvalue weighted by atomic mass is 10.1. The van der Waals surface area contributed by atoms with Gasteiger partial charge in [0.2, 0.25) is 0 Å². The number of nitrogens with zero attached hydrogens (tertiary/aromatic N) is 3. The van der Waals surface area contributed by atoms with Crippen molar-refractivity contribution < 1.29 is 14.6 Å². The summed E-state index contributed by atoms with van der Waals surface area (Å²) in [7, 11) is 1.74. The Bertz CT molecular complexity index is 917. The summed E-state index contributed by atoms with van der Waals surface area (Å²) in [6.07, 6.45) is 3.79. The number of aliphatic hydroxyl groups excluding tert-OH is 1. The van der Waals surface area contributed by atoms with Gasteiger partial charge in [0.25, 0.3) is 5.91 Å². The number of imidazole rings is 1. The molecule has 0 atom stereocenters. The van der Waals surface area contributed by atoms with E-state index in [9.17, 15) is 9.90 Å². The van der Waals surface area contributed by atoms with Crippen LogP contribution >= 0.6 is 0 Å². The summed E-state index contributed by atoms with van der Waals surface area (Å²) in [5.41, 5.74) is 4.04. The number of aliphatic hydroxyl groups is 1. The molecule has 23 heavy (non-hydrogen) atoms. The summed E-state index contributed by atoms with van der Waals surface area (Å²) in [6, 6.07) is 9.39.